The van der Waals surface area contributed by atoms with Gasteiger partial charge in [-0.1, -0.05) is 12.8 Å². The molecule has 1 amide bonds. The predicted octanol–water partition coefficient (Wildman–Crippen LogP) is 3.60. The van der Waals surface area contributed by atoms with Gasteiger partial charge in [-0.2, -0.15) is 0 Å². The molecule has 2 saturated carbocycles. The molecule has 3 unspecified atom stereocenters. The zero-order valence-corrected chi connectivity index (χ0v) is 14.1. The van der Waals surface area contributed by atoms with E-state index in [-0.39, 0.29) is 12.1 Å². The summed E-state index contributed by atoms with van der Waals surface area (Å²) in [7, 11) is 0. The smallest absolute Gasteiger partial charge is 0.407 e. The van der Waals surface area contributed by atoms with Gasteiger partial charge in [-0.05, 0) is 65.7 Å². The summed E-state index contributed by atoms with van der Waals surface area (Å²) < 4.78 is 5.35. The first-order chi connectivity index (χ1) is 9.82. The van der Waals surface area contributed by atoms with Gasteiger partial charge in [-0.3, -0.25) is 0 Å². The third kappa shape index (κ3) is 6.68. The summed E-state index contributed by atoms with van der Waals surface area (Å²) in [6, 6.07) is 1.38. The summed E-state index contributed by atoms with van der Waals surface area (Å²) in [4.78, 5) is 11.9. The highest BCUT2D eigenvalue weighted by Crippen LogP contribution is 2.33. The second-order valence-electron chi connectivity index (χ2n) is 7.95. The van der Waals surface area contributed by atoms with Crippen LogP contribution in [0.15, 0.2) is 0 Å². The van der Waals surface area contributed by atoms with Crippen molar-refractivity contribution in [3.05, 3.63) is 0 Å². The topological polar surface area (TPSA) is 50.4 Å². The van der Waals surface area contributed by atoms with Crippen molar-refractivity contribution < 1.29 is 9.53 Å². The molecule has 2 N–H and O–H groups in total. The Morgan fingerprint density at radius 1 is 1.19 bits per heavy atom. The Morgan fingerprint density at radius 3 is 2.48 bits per heavy atom. The molecule has 0 aromatic heterocycles. The van der Waals surface area contributed by atoms with Gasteiger partial charge in [0.15, 0.2) is 0 Å². The number of ether oxygens (including phenoxy) is 1. The lowest BCUT2D eigenvalue weighted by molar-refractivity contribution is 0.0488. The van der Waals surface area contributed by atoms with Crippen LogP contribution in [-0.4, -0.2) is 29.8 Å². The number of carbonyl (C=O) groups is 1. The lowest BCUT2D eigenvalue weighted by Crippen LogP contribution is -2.47. The maximum Gasteiger partial charge on any atom is 0.407 e. The third-order valence-electron chi connectivity index (χ3n) is 4.30. The second-order valence-corrected chi connectivity index (χ2v) is 7.95. The summed E-state index contributed by atoms with van der Waals surface area (Å²) in [5.74, 6) is 0.965. The van der Waals surface area contributed by atoms with Gasteiger partial charge in [0.1, 0.15) is 5.60 Å². The monoisotopic (exact) mass is 296 g/mol. The van der Waals surface area contributed by atoms with Crippen LogP contribution in [0.25, 0.3) is 0 Å². The number of hydrogen-bond donors (Lipinski definition) is 2. The predicted molar refractivity (Wildman–Crippen MR) is 85.4 cm³/mol. The largest absolute Gasteiger partial charge is 0.444 e. The van der Waals surface area contributed by atoms with Crippen molar-refractivity contribution in [3.8, 4) is 0 Å². The van der Waals surface area contributed by atoms with Gasteiger partial charge in [0, 0.05) is 18.1 Å². The molecular weight excluding hydrogens is 264 g/mol. The number of amides is 1. The van der Waals surface area contributed by atoms with Crippen LogP contribution in [0.2, 0.25) is 0 Å². The van der Waals surface area contributed by atoms with Crippen molar-refractivity contribution in [2.75, 3.05) is 0 Å². The Kier molecular flexibility index (Phi) is 5.53. The normalized spacial score (nSPS) is 28.0. The summed E-state index contributed by atoms with van der Waals surface area (Å²) >= 11 is 0. The molecule has 0 bridgehead atoms. The standard InChI is InChI=1S/C17H32N2O2/c1-12(10-13-8-9-13)18-14-6-5-7-15(11-14)19-16(20)21-17(2,3)4/h12-15,18H,5-11H2,1-4H3,(H,19,20). The summed E-state index contributed by atoms with van der Waals surface area (Å²) in [6.45, 7) is 8.00. The number of alkyl carbamates (subject to hydrolysis) is 1. The fourth-order valence-electron chi connectivity index (χ4n) is 3.27. The van der Waals surface area contributed by atoms with E-state index in [1.54, 1.807) is 0 Å². The Labute approximate surface area is 129 Å². The van der Waals surface area contributed by atoms with Gasteiger partial charge in [0.25, 0.3) is 0 Å². The van der Waals surface area contributed by atoms with E-state index in [0.29, 0.717) is 12.1 Å². The van der Waals surface area contributed by atoms with Gasteiger partial charge in [0.05, 0.1) is 0 Å². The van der Waals surface area contributed by atoms with Gasteiger partial charge in [-0.15, -0.1) is 0 Å². The molecule has 0 aromatic rings. The molecule has 122 valence electrons. The number of rotatable bonds is 5. The van der Waals surface area contributed by atoms with E-state index in [9.17, 15) is 4.79 Å². The number of nitrogens with one attached hydrogen (secondary N) is 2. The van der Waals surface area contributed by atoms with Crippen LogP contribution in [0.3, 0.4) is 0 Å². The van der Waals surface area contributed by atoms with Gasteiger partial charge in [-0.25, -0.2) is 4.79 Å². The van der Waals surface area contributed by atoms with E-state index in [4.69, 9.17) is 4.74 Å². The van der Waals surface area contributed by atoms with Crippen LogP contribution in [-0.2, 0) is 4.74 Å². The molecule has 0 spiro atoms. The molecule has 21 heavy (non-hydrogen) atoms. The van der Waals surface area contributed by atoms with Crippen LogP contribution in [0.1, 0.15) is 72.6 Å². The second kappa shape index (κ2) is 6.99. The van der Waals surface area contributed by atoms with E-state index in [1.165, 1.54) is 32.1 Å². The van der Waals surface area contributed by atoms with Crippen LogP contribution in [0.4, 0.5) is 4.79 Å². The third-order valence-corrected chi connectivity index (χ3v) is 4.30. The minimum absolute atomic E-state index is 0.249. The molecule has 0 aromatic carbocycles. The molecule has 0 heterocycles. The average molecular weight is 296 g/mol. The lowest BCUT2D eigenvalue weighted by atomic mass is 9.90. The lowest BCUT2D eigenvalue weighted by Gasteiger charge is -2.33. The minimum Gasteiger partial charge on any atom is -0.444 e. The summed E-state index contributed by atoms with van der Waals surface area (Å²) in [5.41, 5.74) is -0.421. The quantitative estimate of drug-likeness (QED) is 0.815. The molecule has 2 rings (SSSR count). The van der Waals surface area contributed by atoms with Crippen molar-refractivity contribution >= 4 is 6.09 Å². The first-order valence-corrected chi connectivity index (χ1v) is 8.57. The molecule has 4 nitrogen and oxygen atoms in total. The van der Waals surface area contributed by atoms with Gasteiger partial charge < -0.3 is 15.4 Å². The molecular formula is C17H32N2O2. The van der Waals surface area contributed by atoms with Crippen molar-refractivity contribution in [1.29, 1.82) is 0 Å². The van der Waals surface area contributed by atoms with E-state index in [2.05, 4.69) is 17.6 Å². The Morgan fingerprint density at radius 2 is 1.86 bits per heavy atom. The Hall–Kier alpha value is -0.770. The molecule has 0 radical (unpaired) electrons. The highest BCUT2D eigenvalue weighted by molar-refractivity contribution is 5.68. The van der Waals surface area contributed by atoms with E-state index in [1.807, 2.05) is 20.8 Å². The zero-order chi connectivity index (χ0) is 15.5. The van der Waals surface area contributed by atoms with Crippen molar-refractivity contribution in [3.63, 3.8) is 0 Å². The maximum absolute atomic E-state index is 11.9. The molecule has 3 atom stereocenters. The molecule has 0 aliphatic heterocycles. The van der Waals surface area contributed by atoms with Crippen LogP contribution >= 0.6 is 0 Å². The fourth-order valence-corrected chi connectivity index (χ4v) is 3.27. The Bertz CT molecular complexity index is 347. The van der Waals surface area contributed by atoms with Crippen LogP contribution < -0.4 is 10.6 Å². The van der Waals surface area contributed by atoms with Crippen molar-refractivity contribution in [1.82, 2.24) is 10.6 Å². The maximum atomic E-state index is 11.9. The van der Waals surface area contributed by atoms with E-state index in [0.717, 1.165) is 18.8 Å². The summed E-state index contributed by atoms with van der Waals surface area (Å²) in [6.07, 6.45) is 8.34. The molecule has 0 saturated heterocycles. The van der Waals surface area contributed by atoms with E-state index >= 15 is 0 Å². The fraction of sp³-hybridized carbons (Fsp3) is 0.941. The van der Waals surface area contributed by atoms with Gasteiger partial charge >= 0.3 is 6.09 Å². The van der Waals surface area contributed by atoms with Gasteiger partial charge in [0.2, 0.25) is 0 Å². The van der Waals surface area contributed by atoms with Crippen LogP contribution in [0, 0.1) is 5.92 Å². The van der Waals surface area contributed by atoms with Crippen molar-refractivity contribution in [2.45, 2.75) is 96.4 Å². The minimum atomic E-state index is -0.421. The number of hydrogen-bond acceptors (Lipinski definition) is 3. The molecule has 2 fully saturated rings. The molecule has 2 aliphatic rings. The SMILES string of the molecule is CC(CC1CC1)NC1CCCC(NC(=O)OC(C)(C)C)C1. The summed E-state index contributed by atoms with van der Waals surface area (Å²) in [5, 5.41) is 6.78. The average Bonchev–Trinajstić information content (AvgIpc) is 3.10. The first-order valence-electron chi connectivity index (χ1n) is 8.57. The highest BCUT2D eigenvalue weighted by Gasteiger charge is 2.28. The highest BCUT2D eigenvalue weighted by atomic mass is 16.6. The van der Waals surface area contributed by atoms with Crippen LogP contribution in [0.5, 0.6) is 0 Å². The molecule has 4 heteroatoms. The Balaban J connectivity index is 1.70. The van der Waals surface area contributed by atoms with Crippen molar-refractivity contribution in [2.24, 2.45) is 5.92 Å². The zero-order valence-electron chi connectivity index (χ0n) is 14.1. The number of carbonyl (C=O) groups excluding carboxylic acids is 1. The molecule has 2 aliphatic carbocycles. The van der Waals surface area contributed by atoms with E-state index < -0.39 is 5.60 Å². The first kappa shape index (κ1) is 16.6.